The van der Waals surface area contributed by atoms with Crippen molar-refractivity contribution in [2.24, 2.45) is 5.92 Å². The van der Waals surface area contributed by atoms with Crippen LogP contribution in [0.15, 0.2) is 53.4 Å². The van der Waals surface area contributed by atoms with Gasteiger partial charge in [-0.3, -0.25) is 9.59 Å². The normalized spacial score (nSPS) is 16.9. The number of nitrogens with zero attached hydrogens (tertiary/aromatic N) is 1. The Morgan fingerprint density at radius 3 is 2.65 bits per heavy atom. The molecule has 0 radical (unpaired) electrons. The maximum atomic E-state index is 12.6. The molecule has 8 heteroatoms. The second kappa shape index (κ2) is 9.20. The largest absolute Gasteiger partial charge is 0.348 e. The van der Waals surface area contributed by atoms with Crippen molar-refractivity contribution < 1.29 is 18.0 Å². The molecule has 0 unspecified atom stereocenters. The summed E-state index contributed by atoms with van der Waals surface area (Å²) in [6.45, 7) is 1.44. The van der Waals surface area contributed by atoms with Crippen molar-refractivity contribution in [1.29, 1.82) is 0 Å². The van der Waals surface area contributed by atoms with Gasteiger partial charge in [0.2, 0.25) is 15.9 Å². The van der Waals surface area contributed by atoms with Crippen LogP contribution in [0.3, 0.4) is 0 Å². The van der Waals surface area contributed by atoms with Crippen LogP contribution < -0.4 is 14.9 Å². The molecule has 2 aliphatic rings. The maximum Gasteiger partial charge on any atom is 0.251 e. The van der Waals surface area contributed by atoms with Crippen LogP contribution in [-0.4, -0.2) is 33.3 Å². The minimum absolute atomic E-state index is 0.0893. The van der Waals surface area contributed by atoms with Crippen LogP contribution in [0.25, 0.3) is 0 Å². The van der Waals surface area contributed by atoms with Crippen LogP contribution in [0.2, 0.25) is 0 Å². The molecule has 2 aromatic rings. The molecule has 0 aromatic heterocycles. The lowest BCUT2D eigenvalue weighted by molar-refractivity contribution is -0.119. The van der Waals surface area contributed by atoms with Gasteiger partial charge in [-0.15, -0.1) is 0 Å². The quantitative estimate of drug-likeness (QED) is 0.659. The van der Waals surface area contributed by atoms with Gasteiger partial charge in [0, 0.05) is 37.3 Å². The molecule has 1 aliphatic carbocycles. The molecule has 0 atom stereocenters. The maximum absolute atomic E-state index is 12.6. The van der Waals surface area contributed by atoms with Crippen molar-refractivity contribution in [3.05, 3.63) is 59.7 Å². The minimum atomic E-state index is -3.63. The Kier molecular flexibility index (Phi) is 6.38. The van der Waals surface area contributed by atoms with Crippen LogP contribution in [0.1, 0.15) is 48.0 Å². The first kappa shape index (κ1) is 21.5. The summed E-state index contributed by atoms with van der Waals surface area (Å²) >= 11 is 0. The van der Waals surface area contributed by atoms with E-state index in [1.165, 1.54) is 12.1 Å². The second-order valence-electron chi connectivity index (χ2n) is 8.18. The van der Waals surface area contributed by atoms with Gasteiger partial charge in [-0.1, -0.05) is 18.2 Å². The predicted molar refractivity (Wildman–Crippen MR) is 118 cm³/mol. The topological polar surface area (TPSA) is 95.6 Å². The van der Waals surface area contributed by atoms with Crippen LogP contribution in [0, 0.1) is 5.92 Å². The van der Waals surface area contributed by atoms with E-state index in [0.29, 0.717) is 25.4 Å². The number of rotatable bonds is 8. The molecule has 2 N–H and O–H groups in total. The number of nitrogens with one attached hydrogen (secondary N) is 2. The fourth-order valence-electron chi connectivity index (χ4n) is 3.63. The second-order valence-corrected chi connectivity index (χ2v) is 9.95. The summed E-state index contributed by atoms with van der Waals surface area (Å²) in [5.74, 6) is 0.205. The highest BCUT2D eigenvalue weighted by atomic mass is 32.2. The summed E-state index contributed by atoms with van der Waals surface area (Å²) in [5, 5.41) is 2.84. The molecular formula is C23H27N3O4S. The molecule has 1 saturated heterocycles. The van der Waals surface area contributed by atoms with Gasteiger partial charge in [0.15, 0.2) is 0 Å². The zero-order valence-electron chi connectivity index (χ0n) is 17.3. The van der Waals surface area contributed by atoms with E-state index in [2.05, 4.69) is 10.0 Å². The number of piperidine rings is 1. The molecule has 1 aliphatic heterocycles. The van der Waals surface area contributed by atoms with Gasteiger partial charge >= 0.3 is 0 Å². The van der Waals surface area contributed by atoms with Gasteiger partial charge in [0.25, 0.3) is 5.91 Å². The smallest absolute Gasteiger partial charge is 0.251 e. The van der Waals surface area contributed by atoms with Crippen LogP contribution in [0.5, 0.6) is 0 Å². The Labute approximate surface area is 182 Å². The van der Waals surface area contributed by atoms with Crippen molar-refractivity contribution in [3.63, 3.8) is 0 Å². The van der Waals surface area contributed by atoms with Gasteiger partial charge in [0.1, 0.15) is 0 Å². The van der Waals surface area contributed by atoms with Gasteiger partial charge in [-0.05, 0) is 67.5 Å². The number of carbonyl (C=O) groups excluding carboxylic acids is 2. The lowest BCUT2D eigenvalue weighted by Gasteiger charge is -2.27. The Balaban J connectivity index is 1.40. The highest BCUT2D eigenvalue weighted by Crippen LogP contribution is 2.28. The summed E-state index contributed by atoms with van der Waals surface area (Å²) in [4.78, 5) is 26.7. The summed E-state index contributed by atoms with van der Waals surface area (Å²) in [6, 6.07) is 13.6. The third-order valence-corrected chi connectivity index (χ3v) is 7.09. The zero-order chi connectivity index (χ0) is 21.8. The number of anilines is 1. The van der Waals surface area contributed by atoms with Crippen molar-refractivity contribution in [1.82, 2.24) is 10.0 Å². The van der Waals surface area contributed by atoms with Crippen molar-refractivity contribution >= 4 is 27.5 Å². The molecule has 2 amide bonds. The van der Waals surface area contributed by atoms with Crippen LogP contribution >= 0.6 is 0 Å². The fourth-order valence-corrected chi connectivity index (χ4v) is 4.80. The monoisotopic (exact) mass is 441 g/mol. The summed E-state index contributed by atoms with van der Waals surface area (Å²) in [6.07, 6.45) is 4.59. The Morgan fingerprint density at radius 2 is 1.87 bits per heavy atom. The molecule has 2 aromatic carbocycles. The SMILES string of the molecule is O=C(NCc1cccc(N2CCCCC2=O)c1)c1cccc(S(=O)(=O)NCC2CC2)c1. The Hall–Kier alpha value is -2.71. The third kappa shape index (κ3) is 5.51. The number of amides is 2. The lowest BCUT2D eigenvalue weighted by Crippen LogP contribution is -2.35. The van der Waals surface area contributed by atoms with Gasteiger partial charge in [-0.25, -0.2) is 13.1 Å². The molecular weight excluding hydrogens is 414 g/mol. The molecule has 1 heterocycles. The molecule has 7 nitrogen and oxygen atoms in total. The first-order valence-electron chi connectivity index (χ1n) is 10.7. The third-order valence-electron chi connectivity index (χ3n) is 5.66. The number of sulfonamides is 1. The standard InChI is InChI=1S/C23H27N3O4S/c27-22-9-1-2-12-26(22)20-7-3-5-18(13-20)15-24-23(28)19-6-4-8-21(14-19)31(29,30)25-16-17-10-11-17/h3-8,13-14,17,25H,1-2,9-12,15-16H2,(H,24,28). The highest BCUT2D eigenvalue weighted by Gasteiger charge is 2.24. The van der Waals surface area contributed by atoms with Gasteiger partial charge in [0.05, 0.1) is 4.90 Å². The average Bonchev–Trinajstić information content (AvgIpc) is 3.61. The first-order valence-corrected chi connectivity index (χ1v) is 12.2. The van der Waals surface area contributed by atoms with Gasteiger partial charge < -0.3 is 10.2 Å². The molecule has 0 spiro atoms. The number of carbonyl (C=O) groups is 2. The van der Waals surface area contributed by atoms with E-state index < -0.39 is 10.0 Å². The van der Waals surface area contributed by atoms with E-state index in [-0.39, 0.29) is 28.8 Å². The van der Waals surface area contributed by atoms with E-state index in [0.717, 1.165) is 36.9 Å². The Bertz CT molecular complexity index is 1080. The van der Waals surface area contributed by atoms with E-state index >= 15 is 0 Å². The average molecular weight is 442 g/mol. The number of benzene rings is 2. The fraction of sp³-hybridized carbons (Fsp3) is 0.391. The molecule has 0 bridgehead atoms. The van der Waals surface area contributed by atoms with E-state index in [4.69, 9.17) is 0 Å². The molecule has 31 heavy (non-hydrogen) atoms. The summed E-state index contributed by atoms with van der Waals surface area (Å²) < 4.78 is 27.5. The zero-order valence-corrected chi connectivity index (χ0v) is 18.2. The summed E-state index contributed by atoms with van der Waals surface area (Å²) in [5.41, 5.74) is 2.00. The first-order chi connectivity index (χ1) is 14.9. The summed E-state index contributed by atoms with van der Waals surface area (Å²) in [7, 11) is -3.63. The lowest BCUT2D eigenvalue weighted by atomic mass is 10.1. The highest BCUT2D eigenvalue weighted by molar-refractivity contribution is 7.89. The predicted octanol–water partition coefficient (Wildman–Crippen LogP) is 2.82. The van der Waals surface area contributed by atoms with Crippen molar-refractivity contribution in [3.8, 4) is 0 Å². The van der Waals surface area contributed by atoms with Crippen LogP contribution in [-0.2, 0) is 21.4 Å². The number of hydrogen-bond acceptors (Lipinski definition) is 4. The van der Waals surface area contributed by atoms with E-state index in [9.17, 15) is 18.0 Å². The van der Waals surface area contributed by atoms with E-state index in [1.807, 2.05) is 24.3 Å². The molecule has 164 valence electrons. The number of hydrogen-bond donors (Lipinski definition) is 2. The van der Waals surface area contributed by atoms with Crippen molar-refractivity contribution in [2.75, 3.05) is 18.0 Å². The molecule has 4 rings (SSSR count). The Morgan fingerprint density at radius 1 is 1.06 bits per heavy atom. The van der Waals surface area contributed by atoms with Gasteiger partial charge in [-0.2, -0.15) is 0 Å². The van der Waals surface area contributed by atoms with Crippen LogP contribution in [0.4, 0.5) is 5.69 Å². The molecule has 1 saturated carbocycles. The minimum Gasteiger partial charge on any atom is -0.348 e. The van der Waals surface area contributed by atoms with E-state index in [1.54, 1.807) is 17.0 Å². The molecule has 2 fully saturated rings. The van der Waals surface area contributed by atoms with Crippen molar-refractivity contribution in [2.45, 2.75) is 43.5 Å².